The number of halogens is 3. The molecule has 0 spiro atoms. The van der Waals surface area contributed by atoms with E-state index in [-0.39, 0.29) is 18.2 Å². The molecule has 23 heavy (non-hydrogen) atoms. The van der Waals surface area contributed by atoms with Crippen molar-refractivity contribution in [2.24, 2.45) is 10.9 Å². The summed E-state index contributed by atoms with van der Waals surface area (Å²) in [4.78, 5) is 27.3. The highest BCUT2D eigenvalue weighted by Crippen LogP contribution is 2.35. The molecule has 0 aromatic heterocycles. The van der Waals surface area contributed by atoms with Gasteiger partial charge in [-0.1, -0.05) is 44.2 Å². The van der Waals surface area contributed by atoms with E-state index >= 15 is 0 Å². The molecule has 124 valence electrons. The zero-order valence-electron chi connectivity index (χ0n) is 12.6. The van der Waals surface area contributed by atoms with E-state index in [4.69, 9.17) is 0 Å². The molecular weight excluding hydrogens is 311 g/mol. The molecule has 1 aromatic rings. The fraction of sp³-hybridized carbons (Fsp3) is 0.400. The summed E-state index contributed by atoms with van der Waals surface area (Å²) in [6.07, 6.45) is -5.19. The van der Waals surface area contributed by atoms with Crippen LogP contribution < -0.4 is 10.6 Å². The van der Waals surface area contributed by atoms with Crippen LogP contribution in [0.25, 0.3) is 0 Å². The zero-order valence-corrected chi connectivity index (χ0v) is 12.6. The molecule has 1 aliphatic heterocycles. The monoisotopic (exact) mass is 327 g/mol. The Morgan fingerprint density at radius 3 is 2.43 bits per heavy atom. The smallest absolute Gasteiger partial charge is 0.316 e. The van der Waals surface area contributed by atoms with E-state index < -0.39 is 23.7 Å². The van der Waals surface area contributed by atoms with Crippen LogP contribution in [0.1, 0.15) is 25.8 Å². The molecule has 0 bridgehead atoms. The first-order valence-corrected chi connectivity index (χ1v) is 7.00. The molecule has 1 heterocycles. The van der Waals surface area contributed by atoms with Crippen molar-refractivity contribution in [3.8, 4) is 0 Å². The molecule has 0 saturated carbocycles. The third-order valence-electron chi connectivity index (χ3n) is 3.21. The van der Waals surface area contributed by atoms with Crippen LogP contribution in [0, 0.1) is 5.92 Å². The van der Waals surface area contributed by atoms with Gasteiger partial charge in [-0.15, -0.1) is 0 Å². The average molecular weight is 327 g/mol. The first kappa shape index (κ1) is 17.0. The molecule has 1 aliphatic rings. The van der Waals surface area contributed by atoms with E-state index in [0.29, 0.717) is 5.56 Å². The fourth-order valence-electron chi connectivity index (χ4n) is 2.15. The summed E-state index contributed by atoms with van der Waals surface area (Å²) in [6.45, 7) is 3.38. The average Bonchev–Trinajstić information content (AvgIpc) is 2.77. The first-order chi connectivity index (χ1) is 10.7. The standard InChI is InChI=1S/C15H16F3N3O2/c1-9(2)8-11(22)20-14(15(16,17)18)13(23)19-12(21-14)10-6-4-3-5-7-10/h3-7,9H,8H2,1-2H3,(H,20,22)(H,19,21,23). The summed E-state index contributed by atoms with van der Waals surface area (Å²) in [6, 6.07) is 7.93. The van der Waals surface area contributed by atoms with Gasteiger partial charge in [-0.3, -0.25) is 9.59 Å². The molecule has 5 nitrogen and oxygen atoms in total. The summed E-state index contributed by atoms with van der Waals surface area (Å²) < 4.78 is 40.4. The lowest BCUT2D eigenvalue weighted by Crippen LogP contribution is -2.63. The summed E-state index contributed by atoms with van der Waals surface area (Å²) in [5.74, 6) is -2.67. The lowest BCUT2D eigenvalue weighted by Gasteiger charge is -2.27. The van der Waals surface area contributed by atoms with Crippen molar-refractivity contribution in [1.82, 2.24) is 10.6 Å². The van der Waals surface area contributed by atoms with Gasteiger partial charge >= 0.3 is 11.8 Å². The van der Waals surface area contributed by atoms with Crippen molar-refractivity contribution in [2.75, 3.05) is 0 Å². The number of alkyl halides is 3. The predicted molar refractivity (Wildman–Crippen MR) is 77.5 cm³/mol. The van der Waals surface area contributed by atoms with Crippen LogP contribution in [-0.2, 0) is 9.59 Å². The van der Waals surface area contributed by atoms with E-state index in [2.05, 4.69) is 10.3 Å². The topological polar surface area (TPSA) is 70.6 Å². The lowest BCUT2D eigenvalue weighted by molar-refractivity contribution is -0.197. The number of carbonyl (C=O) groups is 2. The third-order valence-corrected chi connectivity index (χ3v) is 3.21. The number of amidine groups is 1. The number of hydrogen-bond acceptors (Lipinski definition) is 3. The number of amides is 2. The fourth-order valence-corrected chi connectivity index (χ4v) is 2.15. The lowest BCUT2D eigenvalue weighted by atomic mass is 10.1. The highest BCUT2D eigenvalue weighted by Gasteiger charge is 2.65. The van der Waals surface area contributed by atoms with E-state index in [1.165, 1.54) is 12.1 Å². The number of aliphatic imine (C=N–C) groups is 1. The van der Waals surface area contributed by atoms with Gasteiger partial charge in [0.25, 0.3) is 5.91 Å². The molecule has 1 atom stereocenters. The molecule has 2 amide bonds. The Balaban J connectivity index is 2.40. The molecule has 1 unspecified atom stereocenters. The molecule has 0 radical (unpaired) electrons. The Kier molecular flexibility index (Phi) is 4.44. The van der Waals surface area contributed by atoms with Crippen molar-refractivity contribution < 1.29 is 22.8 Å². The molecule has 0 aliphatic carbocycles. The number of benzene rings is 1. The normalized spacial score (nSPS) is 21.1. The number of hydrogen-bond donors (Lipinski definition) is 2. The van der Waals surface area contributed by atoms with Gasteiger partial charge in [0.2, 0.25) is 5.91 Å². The van der Waals surface area contributed by atoms with Crippen LogP contribution in [-0.4, -0.2) is 29.5 Å². The van der Waals surface area contributed by atoms with Gasteiger partial charge in [-0.2, -0.15) is 13.2 Å². The zero-order chi connectivity index (χ0) is 17.3. The number of nitrogens with zero attached hydrogens (tertiary/aromatic N) is 1. The molecule has 0 fully saturated rings. The first-order valence-electron chi connectivity index (χ1n) is 7.00. The van der Waals surface area contributed by atoms with Gasteiger partial charge in [0.1, 0.15) is 5.84 Å². The third kappa shape index (κ3) is 3.35. The SMILES string of the molecule is CC(C)CC(=O)NC1(C(F)(F)F)N=C(c2ccccc2)NC1=O. The van der Waals surface area contributed by atoms with Gasteiger partial charge < -0.3 is 10.6 Å². The van der Waals surface area contributed by atoms with E-state index in [1.54, 1.807) is 37.4 Å². The highest BCUT2D eigenvalue weighted by molar-refractivity contribution is 6.16. The van der Waals surface area contributed by atoms with Crippen molar-refractivity contribution in [3.63, 3.8) is 0 Å². The predicted octanol–water partition coefficient (Wildman–Crippen LogP) is 1.98. The second kappa shape index (κ2) is 6.02. The van der Waals surface area contributed by atoms with Crippen LogP contribution in [0.15, 0.2) is 35.3 Å². The summed E-state index contributed by atoms with van der Waals surface area (Å²) in [5, 5.41) is 3.85. The van der Waals surface area contributed by atoms with Gasteiger partial charge in [0.05, 0.1) is 0 Å². The molecule has 0 saturated heterocycles. The quantitative estimate of drug-likeness (QED) is 0.888. The van der Waals surface area contributed by atoms with E-state index in [1.807, 2.05) is 0 Å². The Morgan fingerprint density at radius 2 is 1.91 bits per heavy atom. The molecular formula is C15H16F3N3O2. The van der Waals surface area contributed by atoms with Crippen LogP contribution in [0.2, 0.25) is 0 Å². The molecule has 1 aromatic carbocycles. The molecule has 8 heteroatoms. The summed E-state index contributed by atoms with van der Waals surface area (Å²) >= 11 is 0. The van der Waals surface area contributed by atoms with Gasteiger partial charge in [0.15, 0.2) is 0 Å². The van der Waals surface area contributed by atoms with Gasteiger partial charge in [-0.25, -0.2) is 4.99 Å². The second-order valence-electron chi connectivity index (χ2n) is 5.63. The highest BCUT2D eigenvalue weighted by atomic mass is 19.4. The Hall–Kier alpha value is -2.38. The van der Waals surface area contributed by atoms with Crippen molar-refractivity contribution >= 4 is 17.6 Å². The largest absolute Gasteiger partial charge is 0.442 e. The van der Waals surface area contributed by atoms with Gasteiger partial charge in [0, 0.05) is 12.0 Å². The maximum Gasteiger partial charge on any atom is 0.442 e. The van der Waals surface area contributed by atoms with E-state index in [9.17, 15) is 22.8 Å². The maximum absolute atomic E-state index is 13.5. The van der Waals surface area contributed by atoms with Crippen LogP contribution in [0.3, 0.4) is 0 Å². The van der Waals surface area contributed by atoms with Crippen molar-refractivity contribution in [2.45, 2.75) is 32.1 Å². The Labute approximate surface area is 131 Å². The van der Waals surface area contributed by atoms with Crippen LogP contribution in [0.4, 0.5) is 13.2 Å². The molecule has 2 N–H and O–H groups in total. The van der Waals surface area contributed by atoms with Crippen LogP contribution >= 0.6 is 0 Å². The Bertz CT molecular complexity index is 641. The van der Waals surface area contributed by atoms with Crippen molar-refractivity contribution in [1.29, 1.82) is 0 Å². The minimum absolute atomic E-state index is 0.138. The van der Waals surface area contributed by atoms with E-state index in [0.717, 1.165) is 0 Å². The van der Waals surface area contributed by atoms with Crippen molar-refractivity contribution in [3.05, 3.63) is 35.9 Å². The minimum atomic E-state index is -5.06. The van der Waals surface area contributed by atoms with Gasteiger partial charge in [-0.05, 0) is 5.92 Å². The number of carbonyl (C=O) groups excluding carboxylic acids is 2. The Morgan fingerprint density at radius 1 is 1.30 bits per heavy atom. The molecule has 2 rings (SSSR count). The summed E-state index contributed by atoms with van der Waals surface area (Å²) in [5.41, 5.74) is -2.96. The summed E-state index contributed by atoms with van der Waals surface area (Å²) in [7, 11) is 0. The number of rotatable bonds is 4. The number of nitrogens with one attached hydrogen (secondary N) is 2. The second-order valence-corrected chi connectivity index (χ2v) is 5.63. The maximum atomic E-state index is 13.5. The minimum Gasteiger partial charge on any atom is -0.316 e. The van der Waals surface area contributed by atoms with Crippen LogP contribution in [0.5, 0.6) is 0 Å².